The van der Waals surface area contributed by atoms with Crippen molar-refractivity contribution in [2.75, 3.05) is 26.7 Å². The lowest BCUT2D eigenvalue weighted by molar-refractivity contribution is 0.0215. The lowest BCUT2D eigenvalue weighted by Gasteiger charge is -2.09. The van der Waals surface area contributed by atoms with Crippen LogP contribution >= 0.6 is 0 Å². The summed E-state index contributed by atoms with van der Waals surface area (Å²) in [4.78, 5) is 1.87. The lowest BCUT2D eigenvalue weighted by Crippen LogP contribution is -2.25. The van der Waals surface area contributed by atoms with Crippen LogP contribution in [0.25, 0.3) is 0 Å². The van der Waals surface area contributed by atoms with Crippen LogP contribution in [0.1, 0.15) is 0 Å². The smallest absolute Gasteiger partial charge is 0.0969 e. The molecule has 0 aromatic heterocycles. The van der Waals surface area contributed by atoms with E-state index in [1.807, 2.05) is 11.0 Å². The molecular weight excluding hydrogens is 144 g/mol. The summed E-state index contributed by atoms with van der Waals surface area (Å²) in [7, 11) is 1.57. The van der Waals surface area contributed by atoms with Crippen LogP contribution in [0.4, 0.5) is 0 Å². The van der Waals surface area contributed by atoms with Gasteiger partial charge in [0.1, 0.15) is 0 Å². The molecule has 1 heterocycles. The Labute approximate surface area is 66.0 Å². The summed E-state index contributed by atoms with van der Waals surface area (Å²) in [5.41, 5.74) is 0. The van der Waals surface area contributed by atoms with Crippen molar-refractivity contribution in [2.45, 2.75) is 12.2 Å². The molecule has 0 bridgehead atoms. The Balaban J connectivity index is 2.38. The molecule has 1 aliphatic rings. The molecule has 11 heavy (non-hydrogen) atoms. The third-order valence-electron chi connectivity index (χ3n) is 1.91. The van der Waals surface area contributed by atoms with E-state index in [9.17, 15) is 5.11 Å². The van der Waals surface area contributed by atoms with Crippen LogP contribution in [0.2, 0.25) is 0 Å². The van der Waals surface area contributed by atoms with Crippen LogP contribution in [-0.4, -0.2) is 49.0 Å². The average Bonchev–Trinajstić information content (AvgIpc) is 2.32. The van der Waals surface area contributed by atoms with Gasteiger partial charge in [-0.15, -0.1) is 0 Å². The first-order chi connectivity index (χ1) is 5.27. The van der Waals surface area contributed by atoms with Crippen molar-refractivity contribution in [3.63, 3.8) is 0 Å². The molecule has 0 saturated carbocycles. The van der Waals surface area contributed by atoms with Crippen molar-refractivity contribution in [2.24, 2.45) is 0 Å². The molecular formula is C7H12N2O2. The minimum absolute atomic E-state index is 0.122. The number of hydrogen-bond acceptors (Lipinski definition) is 4. The van der Waals surface area contributed by atoms with Gasteiger partial charge in [0.15, 0.2) is 0 Å². The standard InChI is InChI=1S/C7H12N2O2/c1-11-7-5-9(3-2-8)4-6(7)10/h6-7,10H,3-5H2,1H3/t6-,7-/m1/s1. The second kappa shape index (κ2) is 3.67. The number of nitrogens with zero attached hydrogens (tertiary/aromatic N) is 2. The maximum Gasteiger partial charge on any atom is 0.0969 e. The maximum atomic E-state index is 9.31. The third-order valence-corrected chi connectivity index (χ3v) is 1.91. The van der Waals surface area contributed by atoms with Crippen molar-refractivity contribution in [1.29, 1.82) is 5.26 Å². The van der Waals surface area contributed by atoms with Gasteiger partial charge in [-0.05, 0) is 0 Å². The Hall–Kier alpha value is -0.630. The highest BCUT2D eigenvalue weighted by Gasteiger charge is 2.30. The van der Waals surface area contributed by atoms with E-state index < -0.39 is 6.10 Å². The summed E-state index contributed by atoms with van der Waals surface area (Å²) >= 11 is 0. The van der Waals surface area contributed by atoms with Crippen LogP contribution < -0.4 is 0 Å². The zero-order valence-electron chi connectivity index (χ0n) is 6.53. The number of rotatable bonds is 2. The van der Waals surface area contributed by atoms with Gasteiger partial charge in [0.05, 0.1) is 24.8 Å². The fraction of sp³-hybridized carbons (Fsp3) is 0.857. The summed E-state index contributed by atoms with van der Waals surface area (Å²) in [6.45, 7) is 1.58. The molecule has 1 rings (SSSR count). The van der Waals surface area contributed by atoms with Gasteiger partial charge in [0.25, 0.3) is 0 Å². The molecule has 0 amide bonds. The van der Waals surface area contributed by atoms with E-state index in [1.54, 1.807) is 7.11 Å². The largest absolute Gasteiger partial charge is 0.389 e. The first-order valence-electron chi connectivity index (χ1n) is 3.58. The predicted molar refractivity (Wildman–Crippen MR) is 38.9 cm³/mol. The number of aliphatic hydroxyl groups is 1. The van der Waals surface area contributed by atoms with Crippen LogP contribution in [0, 0.1) is 11.3 Å². The zero-order chi connectivity index (χ0) is 8.27. The first kappa shape index (κ1) is 8.47. The number of β-amino-alcohol motifs (C(OH)–C–C–N with tert-alkyl or cyclic N) is 1. The normalized spacial score (nSPS) is 32.1. The second-order valence-electron chi connectivity index (χ2n) is 2.69. The van der Waals surface area contributed by atoms with Gasteiger partial charge >= 0.3 is 0 Å². The predicted octanol–water partition coefficient (Wildman–Crippen LogP) is -0.799. The molecule has 0 radical (unpaired) electrons. The summed E-state index contributed by atoms with van der Waals surface area (Å²) in [6, 6.07) is 2.03. The van der Waals surface area contributed by atoms with Crippen LogP contribution in [0.15, 0.2) is 0 Å². The molecule has 62 valence electrons. The molecule has 1 saturated heterocycles. The molecule has 4 nitrogen and oxygen atoms in total. The number of likely N-dealkylation sites (tertiary alicyclic amines) is 1. The highest BCUT2D eigenvalue weighted by atomic mass is 16.5. The summed E-state index contributed by atoms with van der Waals surface area (Å²) in [6.07, 6.45) is -0.559. The van der Waals surface area contributed by atoms with E-state index in [2.05, 4.69) is 0 Å². The Morgan fingerprint density at radius 1 is 1.73 bits per heavy atom. The van der Waals surface area contributed by atoms with Gasteiger partial charge in [0, 0.05) is 20.2 Å². The monoisotopic (exact) mass is 156 g/mol. The van der Waals surface area contributed by atoms with Gasteiger partial charge < -0.3 is 9.84 Å². The minimum atomic E-state index is -0.437. The van der Waals surface area contributed by atoms with Crippen molar-refractivity contribution in [1.82, 2.24) is 4.90 Å². The van der Waals surface area contributed by atoms with E-state index in [1.165, 1.54) is 0 Å². The van der Waals surface area contributed by atoms with Gasteiger partial charge in [0.2, 0.25) is 0 Å². The molecule has 1 N–H and O–H groups in total. The van der Waals surface area contributed by atoms with E-state index in [0.29, 0.717) is 19.6 Å². The number of nitriles is 1. The Morgan fingerprint density at radius 2 is 2.45 bits per heavy atom. The summed E-state index contributed by atoms with van der Waals surface area (Å²) in [5.74, 6) is 0. The molecule has 0 aromatic carbocycles. The first-order valence-corrected chi connectivity index (χ1v) is 3.58. The maximum absolute atomic E-state index is 9.31. The fourth-order valence-corrected chi connectivity index (χ4v) is 1.29. The molecule has 0 spiro atoms. The Kier molecular flexibility index (Phi) is 2.83. The number of aliphatic hydroxyl groups excluding tert-OH is 1. The average molecular weight is 156 g/mol. The van der Waals surface area contributed by atoms with Gasteiger partial charge in [-0.3, -0.25) is 4.90 Å². The Bertz CT molecular complexity index is 166. The van der Waals surface area contributed by atoms with E-state index >= 15 is 0 Å². The van der Waals surface area contributed by atoms with Crippen molar-refractivity contribution in [3.8, 4) is 6.07 Å². The van der Waals surface area contributed by atoms with Crippen molar-refractivity contribution < 1.29 is 9.84 Å². The van der Waals surface area contributed by atoms with Gasteiger partial charge in [-0.2, -0.15) is 5.26 Å². The number of hydrogen-bond donors (Lipinski definition) is 1. The second-order valence-corrected chi connectivity index (χ2v) is 2.69. The lowest BCUT2D eigenvalue weighted by atomic mass is 10.3. The molecule has 4 heteroatoms. The molecule has 0 aromatic rings. The van der Waals surface area contributed by atoms with E-state index in [-0.39, 0.29) is 6.10 Å². The summed E-state index contributed by atoms with van der Waals surface area (Å²) in [5, 5.41) is 17.7. The topological polar surface area (TPSA) is 56.5 Å². The SMILES string of the molecule is CO[C@@H]1CN(CC#N)C[C@H]1O. The fourth-order valence-electron chi connectivity index (χ4n) is 1.29. The van der Waals surface area contributed by atoms with Crippen LogP contribution in [0.3, 0.4) is 0 Å². The third kappa shape index (κ3) is 1.90. The molecule has 0 aliphatic carbocycles. The van der Waals surface area contributed by atoms with Gasteiger partial charge in [-0.25, -0.2) is 0 Å². The highest BCUT2D eigenvalue weighted by molar-refractivity contribution is 4.88. The number of ether oxygens (including phenoxy) is 1. The molecule has 0 unspecified atom stereocenters. The van der Waals surface area contributed by atoms with Crippen LogP contribution in [0.5, 0.6) is 0 Å². The quantitative estimate of drug-likeness (QED) is 0.532. The van der Waals surface area contributed by atoms with Crippen LogP contribution in [-0.2, 0) is 4.74 Å². The zero-order valence-corrected chi connectivity index (χ0v) is 6.53. The summed E-state index contributed by atoms with van der Waals surface area (Å²) < 4.78 is 5.00. The number of methoxy groups -OCH3 is 1. The van der Waals surface area contributed by atoms with E-state index in [4.69, 9.17) is 10.00 Å². The van der Waals surface area contributed by atoms with E-state index in [0.717, 1.165) is 0 Å². The Morgan fingerprint density at radius 3 is 2.91 bits per heavy atom. The minimum Gasteiger partial charge on any atom is -0.389 e. The van der Waals surface area contributed by atoms with Crippen molar-refractivity contribution >= 4 is 0 Å². The van der Waals surface area contributed by atoms with Crippen molar-refractivity contribution in [3.05, 3.63) is 0 Å². The molecule has 1 fully saturated rings. The highest BCUT2D eigenvalue weighted by Crippen LogP contribution is 2.11. The molecule has 2 atom stereocenters. The van der Waals surface area contributed by atoms with Gasteiger partial charge in [-0.1, -0.05) is 0 Å². The molecule has 1 aliphatic heterocycles.